The summed E-state index contributed by atoms with van der Waals surface area (Å²) in [6.07, 6.45) is 1.83. The Morgan fingerprint density at radius 3 is 2.65 bits per heavy atom. The number of ether oxygens (including phenoxy) is 1. The van der Waals surface area contributed by atoms with Crippen molar-refractivity contribution in [2.75, 3.05) is 0 Å². The third-order valence-corrected chi connectivity index (χ3v) is 5.19. The first kappa shape index (κ1) is 18.7. The molecule has 0 bridgehead atoms. The first-order valence-electron chi connectivity index (χ1n) is 9.26. The summed E-state index contributed by atoms with van der Waals surface area (Å²) in [5, 5.41) is 9.94. The van der Waals surface area contributed by atoms with Crippen LogP contribution in [0.25, 0.3) is 0 Å². The third kappa shape index (κ3) is 4.01. The minimum atomic E-state index is -0.102. The molecule has 2 aromatic carbocycles. The molecule has 0 radical (unpaired) electrons. The fraction of sp³-hybridized carbons (Fsp3) is 0.455. The summed E-state index contributed by atoms with van der Waals surface area (Å²) in [7, 11) is 0. The maximum atomic E-state index is 14.0. The van der Waals surface area contributed by atoms with Crippen LogP contribution in [0, 0.1) is 5.82 Å². The third-order valence-electron chi connectivity index (χ3n) is 5.19. The Labute approximate surface area is 155 Å². The molecule has 0 amide bonds. The molecule has 2 aromatic rings. The van der Waals surface area contributed by atoms with Gasteiger partial charge in [-0.15, -0.1) is 0 Å². The van der Waals surface area contributed by atoms with Crippen molar-refractivity contribution in [3.63, 3.8) is 0 Å². The number of nitrogens with zero attached hydrogens (tertiary/aromatic N) is 1. The summed E-state index contributed by atoms with van der Waals surface area (Å²) in [6.45, 7) is 9.76. The second-order valence-electron chi connectivity index (χ2n) is 8.01. The lowest BCUT2D eigenvalue weighted by Crippen LogP contribution is -2.40. The summed E-state index contributed by atoms with van der Waals surface area (Å²) in [5.41, 5.74) is 3.00. The quantitative estimate of drug-likeness (QED) is 0.786. The van der Waals surface area contributed by atoms with E-state index in [1.807, 2.05) is 32.0 Å². The van der Waals surface area contributed by atoms with Crippen molar-refractivity contribution in [3.8, 4) is 11.5 Å². The summed E-state index contributed by atoms with van der Waals surface area (Å²) in [4.78, 5) is 2.34. The summed E-state index contributed by atoms with van der Waals surface area (Å²) < 4.78 is 19.7. The fourth-order valence-corrected chi connectivity index (χ4v) is 3.48. The summed E-state index contributed by atoms with van der Waals surface area (Å²) in [5.74, 6) is 0.605. The van der Waals surface area contributed by atoms with Gasteiger partial charge in [0.05, 0.1) is 6.10 Å². The van der Waals surface area contributed by atoms with Gasteiger partial charge in [0.2, 0.25) is 0 Å². The lowest BCUT2D eigenvalue weighted by Gasteiger charge is -2.35. The van der Waals surface area contributed by atoms with E-state index in [0.717, 1.165) is 36.1 Å². The van der Waals surface area contributed by atoms with Gasteiger partial charge in [0.15, 0.2) is 11.5 Å². The molecule has 0 saturated heterocycles. The van der Waals surface area contributed by atoms with E-state index in [9.17, 15) is 9.50 Å². The molecule has 1 aliphatic heterocycles. The lowest BCUT2D eigenvalue weighted by atomic mass is 9.93. The molecule has 3 rings (SSSR count). The number of phenolic OH excluding ortho intramolecular Hbond substituents is 1. The highest BCUT2D eigenvalue weighted by atomic mass is 19.1. The molecule has 0 spiro atoms. The Kier molecular flexibility index (Phi) is 5.24. The van der Waals surface area contributed by atoms with E-state index in [1.165, 1.54) is 0 Å². The van der Waals surface area contributed by atoms with Crippen LogP contribution in [0.1, 0.15) is 50.8 Å². The lowest BCUT2D eigenvalue weighted by molar-refractivity contribution is 0.109. The van der Waals surface area contributed by atoms with Crippen molar-refractivity contribution in [1.82, 2.24) is 4.90 Å². The molecule has 0 saturated carbocycles. The molecule has 1 heterocycles. The molecule has 0 atom stereocenters. The van der Waals surface area contributed by atoms with Crippen molar-refractivity contribution in [3.05, 3.63) is 58.9 Å². The molecule has 3 nitrogen and oxygen atoms in total. The van der Waals surface area contributed by atoms with Crippen LogP contribution in [0.2, 0.25) is 0 Å². The van der Waals surface area contributed by atoms with Crippen molar-refractivity contribution in [2.45, 2.75) is 65.3 Å². The number of rotatable bonds is 6. The Bertz CT molecular complexity index is 786. The first-order valence-corrected chi connectivity index (χ1v) is 9.26. The van der Waals surface area contributed by atoms with Crippen molar-refractivity contribution in [2.24, 2.45) is 0 Å². The Morgan fingerprint density at radius 2 is 1.96 bits per heavy atom. The zero-order valence-corrected chi connectivity index (χ0v) is 16.1. The van der Waals surface area contributed by atoms with Gasteiger partial charge in [-0.1, -0.05) is 18.2 Å². The first-order chi connectivity index (χ1) is 12.3. The second kappa shape index (κ2) is 7.28. The Hall–Kier alpha value is -2.07. The van der Waals surface area contributed by atoms with Crippen LogP contribution in [0.5, 0.6) is 11.5 Å². The van der Waals surface area contributed by atoms with Crippen LogP contribution in [-0.2, 0) is 19.5 Å². The number of hydrogen-bond acceptors (Lipinski definition) is 3. The van der Waals surface area contributed by atoms with Crippen LogP contribution in [-0.4, -0.2) is 21.6 Å². The van der Waals surface area contributed by atoms with Crippen LogP contribution >= 0.6 is 0 Å². The van der Waals surface area contributed by atoms with Crippen molar-refractivity contribution >= 4 is 0 Å². The average Bonchev–Trinajstić information content (AvgIpc) is 3.02. The van der Waals surface area contributed by atoms with Gasteiger partial charge in [0.1, 0.15) is 5.82 Å². The van der Waals surface area contributed by atoms with E-state index >= 15 is 0 Å². The highest BCUT2D eigenvalue weighted by Crippen LogP contribution is 2.34. The van der Waals surface area contributed by atoms with E-state index in [4.69, 9.17) is 4.74 Å². The van der Waals surface area contributed by atoms with Gasteiger partial charge in [-0.05, 0) is 69.9 Å². The molecule has 0 unspecified atom stereocenters. The Morgan fingerprint density at radius 1 is 1.19 bits per heavy atom. The predicted octanol–water partition coefficient (Wildman–Crippen LogP) is 5.05. The highest BCUT2D eigenvalue weighted by Gasteiger charge is 2.32. The van der Waals surface area contributed by atoms with Crippen molar-refractivity contribution in [1.29, 1.82) is 0 Å². The molecule has 26 heavy (non-hydrogen) atoms. The number of benzene rings is 2. The monoisotopic (exact) mass is 357 g/mol. The maximum absolute atomic E-state index is 14.0. The molecular formula is C22H28FNO2. The van der Waals surface area contributed by atoms with E-state index in [0.29, 0.717) is 12.3 Å². The van der Waals surface area contributed by atoms with E-state index in [-0.39, 0.29) is 23.2 Å². The van der Waals surface area contributed by atoms with Crippen molar-refractivity contribution < 1.29 is 14.2 Å². The number of phenols is 1. The van der Waals surface area contributed by atoms with Crippen LogP contribution in [0.15, 0.2) is 36.4 Å². The molecule has 0 aromatic heterocycles. The van der Waals surface area contributed by atoms with Gasteiger partial charge in [0.25, 0.3) is 0 Å². The minimum absolute atomic E-state index is 0.0191. The van der Waals surface area contributed by atoms with Gasteiger partial charge >= 0.3 is 0 Å². The van der Waals surface area contributed by atoms with E-state index in [2.05, 4.69) is 18.7 Å². The number of aryl methyl sites for hydroxylation is 1. The zero-order valence-electron chi connectivity index (χ0n) is 16.1. The molecule has 1 N–H and O–H groups in total. The van der Waals surface area contributed by atoms with Crippen LogP contribution < -0.4 is 4.74 Å². The standard InChI is InChI=1S/C22H28FNO2/c1-15(2)26-21-12-16(8-9-20(21)25)10-11-22(3,4)24-13-17-6-5-7-19(23)18(17)14-24/h5-9,12,15,25H,10-11,13-14H2,1-4H3. The maximum Gasteiger partial charge on any atom is 0.161 e. The molecule has 0 fully saturated rings. The minimum Gasteiger partial charge on any atom is -0.504 e. The number of halogens is 1. The number of aromatic hydroxyl groups is 1. The average molecular weight is 357 g/mol. The van der Waals surface area contributed by atoms with E-state index < -0.39 is 0 Å². The molecule has 4 heteroatoms. The fourth-order valence-electron chi connectivity index (χ4n) is 3.48. The van der Waals surface area contributed by atoms with Gasteiger partial charge in [-0.25, -0.2) is 4.39 Å². The Balaban J connectivity index is 1.67. The van der Waals surface area contributed by atoms with Gasteiger partial charge in [0, 0.05) is 24.2 Å². The highest BCUT2D eigenvalue weighted by molar-refractivity contribution is 5.42. The number of hydrogen-bond donors (Lipinski definition) is 1. The topological polar surface area (TPSA) is 32.7 Å². The van der Waals surface area contributed by atoms with Gasteiger partial charge < -0.3 is 9.84 Å². The molecule has 0 aliphatic carbocycles. The molecule has 1 aliphatic rings. The van der Waals surface area contributed by atoms with Gasteiger partial charge in [-0.3, -0.25) is 4.90 Å². The zero-order chi connectivity index (χ0) is 18.9. The SMILES string of the molecule is CC(C)Oc1cc(CCC(C)(C)N2Cc3cccc(F)c3C2)ccc1O. The van der Waals surface area contributed by atoms with Crippen LogP contribution in [0.4, 0.5) is 4.39 Å². The summed E-state index contributed by atoms with van der Waals surface area (Å²) >= 11 is 0. The van der Waals surface area contributed by atoms with E-state index in [1.54, 1.807) is 18.2 Å². The smallest absolute Gasteiger partial charge is 0.161 e. The molecular weight excluding hydrogens is 329 g/mol. The molecule has 140 valence electrons. The van der Waals surface area contributed by atoms with Gasteiger partial charge in [-0.2, -0.15) is 0 Å². The second-order valence-corrected chi connectivity index (χ2v) is 8.01. The largest absolute Gasteiger partial charge is 0.504 e. The normalized spacial score (nSPS) is 14.7. The number of fused-ring (bicyclic) bond motifs is 1. The van der Waals surface area contributed by atoms with Crippen LogP contribution in [0.3, 0.4) is 0 Å². The predicted molar refractivity (Wildman–Crippen MR) is 102 cm³/mol. The summed E-state index contributed by atoms with van der Waals surface area (Å²) in [6, 6.07) is 10.9.